The average molecular weight is 447 g/mol. The van der Waals surface area contributed by atoms with Gasteiger partial charge in [0.05, 0.1) is 19.6 Å². The highest BCUT2D eigenvalue weighted by Crippen LogP contribution is 2.16. The molecule has 0 aromatic heterocycles. The van der Waals surface area contributed by atoms with E-state index in [9.17, 15) is 19.2 Å². The maximum absolute atomic E-state index is 12.8. The fourth-order valence-electron chi connectivity index (χ4n) is 3.23. The van der Waals surface area contributed by atoms with Crippen molar-refractivity contribution in [1.29, 1.82) is 0 Å². The largest absolute Gasteiger partial charge is 0.465 e. The summed E-state index contributed by atoms with van der Waals surface area (Å²) in [7, 11) is 0. The van der Waals surface area contributed by atoms with E-state index in [1.54, 1.807) is 24.3 Å². The Hall–Kier alpha value is -3.10. The third-order valence-electron chi connectivity index (χ3n) is 4.79. The van der Waals surface area contributed by atoms with E-state index in [0.29, 0.717) is 30.9 Å². The van der Waals surface area contributed by atoms with Crippen LogP contribution in [0.5, 0.6) is 0 Å². The first-order valence-corrected chi connectivity index (χ1v) is 11.0. The second kappa shape index (κ2) is 12.1. The highest BCUT2D eigenvalue weighted by molar-refractivity contribution is 5.93. The zero-order valence-electron chi connectivity index (χ0n) is 19.3. The summed E-state index contributed by atoms with van der Waals surface area (Å²) in [6.07, 6.45) is 0.277. The summed E-state index contributed by atoms with van der Waals surface area (Å²) in [4.78, 5) is 50.4. The molecule has 1 fully saturated rings. The lowest BCUT2D eigenvalue weighted by molar-refractivity contribution is -0.152. The first-order valence-electron chi connectivity index (χ1n) is 11.0. The highest BCUT2D eigenvalue weighted by atomic mass is 16.5. The van der Waals surface area contributed by atoms with E-state index < -0.39 is 12.0 Å². The molecular formula is C23H34N4O5. The van der Waals surface area contributed by atoms with Gasteiger partial charge in [0.1, 0.15) is 6.04 Å². The van der Waals surface area contributed by atoms with Crippen molar-refractivity contribution in [2.75, 3.05) is 36.9 Å². The molecule has 9 nitrogen and oxygen atoms in total. The summed E-state index contributed by atoms with van der Waals surface area (Å²) in [6.45, 7) is 8.73. The van der Waals surface area contributed by atoms with Gasteiger partial charge >= 0.3 is 5.97 Å². The minimum atomic E-state index is -0.878. The van der Waals surface area contributed by atoms with Crippen molar-refractivity contribution >= 4 is 35.1 Å². The minimum absolute atomic E-state index is 0.0239. The van der Waals surface area contributed by atoms with Crippen molar-refractivity contribution in [2.45, 2.75) is 46.6 Å². The van der Waals surface area contributed by atoms with Crippen LogP contribution in [0.3, 0.4) is 0 Å². The molecule has 176 valence electrons. The predicted octanol–water partition coefficient (Wildman–Crippen LogP) is 2.00. The summed E-state index contributed by atoms with van der Waals surface area (Å²) in [5.74, 6) is -0.710. The fourth-order valence-corrected chi connectivity index (χ4v) is 3.23. The molecule has 1 aliphatic heterocycles. The van der Waals surface area contributed by atoms with Gasteiger partial charge in [0.25, 0.3) is 0 Å². The van der Waals surface area contributed by atoms with E-state index in [1.807, 2.05) is 27.7 Å². The summed E-state index contributed by atoms with van der Waals surface area (Å²) in [5, 5.41) is 8.56. The Bertz CT molecular complexity index is 807. The molecule has 32 heavy (non-hydrogen) atoms. The van der Waals surface area contributed by atoms with Crippen molar-refractivity contribution in [2.24, 2.45) is 11.8 Å². The van der Waals surface area contributed by atoms with Crippen molar-refractivity contribution in [3.63, 3.8) is 0 Å². The van der Waals surface area contributed by atoms with Crippen LogP contribution < -0.4 is 16.0 Å². The number of nitrogens with zero attached hydrogens (tertiary/aromatic N) is 1. The number of carbonyl (C=O) groups excluding carboxylic acids is 4. The molecule has 1 heterocycles. The van der Waals surface area contributed by atoms with E-state index in [2.05, 4.69) is 16.0 Å². The lowest BCUT2D eigenvalue weighted by Gasteiger charge is -2.34. The van der Waals surface area contributed by atoms with Crippen molar-refractivity contribution in [3.05, 3.63) is 24.3 Å². The maximum atomic E-state index is 12.8. The average Bonchev–Trinajstić information content (AvgIpc) is 2.72. The number of esters is 1. The predicted molar refractivity (Wildman–Crippen MR) is 122 cm³/mol. The molecule has 9 heteroatoms. The van der Waals surface area contributed by atoms with Gasteiger partial charge in [-0.05, 0) is 36.1 Å². The summed E-state index contributed by atoms with van der Waals surface area (Å²) in [6, 6.07) is 6.17. The number of piperazine rings is 1. The molecule has 0 radical (unpaired) electrons. The molecule has 1 aromatic rings. The summed E-state index contributed by atoms with van der Waals surface area (Å²) >= 11 is 0. The molecule has 0 spiro atoms. The van der Waals surface area contributed by atoms with Crippen molar-refractivity contribution in [1.82, 2.24) is 10.2 Å². The SMILES string of the molecule is CC(C)COC(=O)CC1C(=O)NCCN1C(=O)CNc1ccc(NC(=O)CC(C)C)cc1. The third kappa shape index (κ3) is 8.20. The maximum Gasteiger partial charge on any atom is 0.308 e. The van der Waals surface area contributed by atoms with Crippen LogP contribution in [0.1, 0.15) is 40.5 Å². The Balaban J connectivity index is 1.90. The molecule has 2 rings (SSSR count). The van der Waals surface area contributed by atoms with E-state index in [1.165, 1.54) is 4.90 Å². The number of anilines is 2. The Labute approximate surface area is 189 Å². The van der Waals surface area contributed by atoms with Crippen LogP contribution >= 0.6 is 0 Å². The summed E-state index contributed by atoms with van der Waals surface area (Å²) in [5.41, 5.74) is 1.38. The van der Waals surface area contributed by atoms with Gasteiger partial charge < -0.3 is 25.6 Å². The minimum Gasteiger partial charge on any atom is -0.465 e. The second-order valence-corrected chi connectivity index (χ2v) is 8.75. The molecule has 3 N–H and O–H groups in total. The van der Waals surface area contributed by atoms with E-state index in [-0.39, 0.29) is 49.1 Å². The van der Waals surface area contributed by atoms with Gasteiger partial charge in [-0.25, -0.2) is 0 Å². The molecule has 3 amide bonds. The van der Waals surface area contributed by atoms with E-state index >= 15 is 0 Å². The van der Waals surface area contributed by atoms with Gasteiger partial charge in [0.15, 0.2) is 0 Å². The Morgan fingerprint density at radius 2 is 1.75 bits per heavy atom. The van der Waals surface area contributed by atoms with Crippen LogP contribution in [-0.4, -0.2) is 60.9 Å². The second-order valence-electron chi connectivity index (χ2n) is 8.75. The Morgan fingerprint density at radius 3 is 2.38 bits per heavy atom. The lowest BCUT2D eigenvalue weighted by Crippen LogP contribution is -2.58. The zero-order valence-corrected chi connectivity index (χ0v) is 19.3. The van der Waals surface area contributed by atoms with Crippen LogP contribution in [-0.2, 0) is 23.9 Å². The molecule has 0 aliphatic carbocycles. The molecule has 1 saturated heterocycles. The van der Waals surface area contributed by atoms with Gasteiger partial charge in [-0.2, -0.15) is 0 Å². The smallest absolute Gasteiger partial charge is 0.308 e. The zero-order chi connectivity index (χ0) is 23.7. The molecule has 0 saturated carbocycles. The van der Waals surface area contributed by atoms with E-state index in [0.717, 1.165) is 0 Å². The topological polar surface area (TPSA) is 117 Å². The highest BCUT2D eigenvalue weighted by Gasteiger charge is 2.35. The summed E-state index contributed by atoms with van der Waals surface area (Å²) < 4.78 is 5.17. The lowest BCUT2D eigenvalue weighted by atomic mass is 10.1. The number of amides is 3. The van der Waals surface area contributed by atoms with Crippen LogP contribution in [0, 0.1) is 11.8 Å². The fraction of sp³-hybridized carbons (Fsp3) is 0.565. The number of hydrogen-bond acceptors (Lipinski definition) is 6. The number of carbonyl (C=O) groups is 4. The van der Waals surface area contributed by atoms with Crippen LogP contribution in [0.4, 0.5) is 11.4 Å². The van der Waals surface area contributed by atoms with Gasteiger partial charge in [-0.3, -0.25) is 19.2 Å². The van der Waals surface area contributed by atoms with Crippen molar-refractivity contribution < 1.29 is 23.9 Å². The number of hydrogen-bond donors (Lipinski definition) is 3. The third-order valence-corrected chi connectivity index (χ3v) is 4.79. The first kappa shape index (κ1) is 25.2. The molecule has 0 bridgehead atoms. The van der Waals surface area contributed by atoms with Crippen molar-refractivity contribution in [3.8, 4) is 0 Å². The number of benzene rings is 1. The first-order chi connectivity index (χ1) is 15.2. The standard InChI is InChI=1S/C23H34N4O5/c1-15(2)11-20(28)26-18-7-5-17(6-8-18)25-13-21(29)27-10-9-24-23(31)19(27)12-22(30)32-14-16(3)4/h5-8,15-16,19,25H,9-14H2,1-4H3,(H,24,31)(H,26,28). The quantitative estimate of drug-likeness (QED) is 0.473. The molecule has 1 atom stereocenters. The van der Waals surface area contributed by atoms with E-state index in [4.69, 9.17) is 4.74 Å². The molecule has 1 aromatic carbocycles. The number of rotatable bonds is 10. The molecular weight excluding hydrogens is 412 g/mol. The van der Waals surface area contributed by atoms with Gasteiger partial charge in [-0.1, -0.05) is 27.7 Å². The number of nitrogens with one attached hydrogen (secondary N) is 3. The van der Waals surface area contributed by atoms with Gasteiger partial charge in [0.2, 0.25) is 17.7 Å². The van der Waals surface area contributed by atoms with Crippen LogP contribution in [0.2, 0.25) is 0 Å². The Kier molecular flexibility index (Phi) is 9.49. The molecule has 1 unspecified atom stereocenters. The Morgan fingerprint density at radius 1 is 1.09 bits per heavy atom. The van der Waals surface area contributed by atoms with Gasteiger partial charge in [0, 0.05) is 30.9 Å². The normalized spacial score (nSPS) is 16.0. The van der Waals surface area contributed by atoms with Crippen LogP contribution in [0.25, 0.3) is 0 Å². The number of ether oxygens (including phenoxy) is 1. The van der Waals surface area contributed by atoms with Crippen LogP contribution in [0.15, 0.2) is 24.3 Å². The monoisotopic (exact) mass is 446 g/mol. The molecule has 1 aliphatic rings. The van der Waals surface area contributed by atoms with Gasteiger partial charge in [-0.15, -0.1) is 0 Å².